The number of benzene rings is 1. The Balaban J connectivity index is 1.68. The molecule has 1 amide bonds. The number of unbranched alkanes of at least 4 members (excludes halogenated alkanes) is 1. The van der Waals surface area contributed by atoms with Gasteiger partial charge in [0.15, 0.2) is 0 Å². The Morgan fingerprint density at radius 1 is 1.28 bits per heavy atom. The van der Waals surface area contributed by atoms with Crippen LogP contribution in [0, 0.1) is 5.92 Å². The molecule has 1 aromatic carbocycles. The van der Waals surface area contributed by atoms with Gasteiger partial charge in [-0.05, 0) is 43.4 Å². The van der Waals surface area contributed by atoms with E-state index in [0.29, 0.717) is 12.0 Å². The van der Waals surface area contributed by atoms with Gasteiger partial charge in [-0.25, -0.2) is 0 Å². The number of hydrogen-bond donors (Lipinski definition) is 0. The third-order valence-electron chi connectivity index (χ3n) is 5.32. The summed E-state index contributed by atoms with van der Waals surface area (Å²) in [6.45, 7) is 5.35. The Labute approximate surface area is 151 Å². The predicted molar refractivity (Wildman–Crippen MR) is 105 cm³/mol. The Morgan fingerprint density at radius 3 is 2.92 bits per heavy atom. The average Bonchev–Trinajstić information content (AvgIpc) is 2.81. The minimum atomic E-state index is 0.000494. The standard InChI is InChI=1S/C22H28N2O/c1-3-22(25)23(2)16-8-9-17-24-20-12-6-4-10-18(20)14-15-19-11-5-7-13-21(19)24/h3-7,10-13,18,20H,1,8-9,14-17H2,2H3. The number of fused-ring (bicyclic) bond motifs is 2. The summed E-state index contributed by atoms with van der Waals surface area (Å²) in [5.41, 5.74) is 2.84. The zero-order valence-electron chi connectivity index (χ0n) is 15.1. The first-order valence-electron chi connectivity index (χ1n) is 9.28. The molecule has 0 aromatic heterocycles. The monoisotopic (exact) mass is 336 g/mol. The molecule has 2 atom stereocenters. The zero-order valence-corrected chi connectivity index (χ0v) is 15.1. The molecule has 0 saturated heterocycles. The molecule has 0 fully saturated rings. The normalized spacial score (nSPS) is 21.2. The van der Waals surface area contributed by atoms with Crippen molar-refractivity contribution < 1.29 is 4.79 Å². The van der Waals surface area contributed by atoms with Crippen LogP contribution in [0.15, 0.2) is 61.2 Å². The van der Waals surface area contributed by atoms with E-state index >= 15 is 0 Å². The molecule has 3 rings (SSSR count). The molecule has 1 aliphatic heterocycles. The summed E-state index contributed by atoms with van der Waals surface area (Å²) in [6, 6.07) is 9.26. The SMILES string of the molecule is C=CC(=O)N(C)CCCCN1c2ccccc2CCC2C=CC=CC21. The van der Waals surface area contributed by atoms with E-state index in [1.165, 1.54) is 23.7 Å². The Hall–Kier alpha value is -2.29. The number of rotatable bonds is 6. The smallest absolute Gasteiger partial charge is 0.245 e. The first kappa shape index (κ1) is 17.5. The van der Waals surface area contributed by atoms with Gasteiger partial charge >= 0.3 is 0 Å². The molecule has 0 saturated carbocycles. The highest BCUT2D eigenvalue weighted by Gasteiger charge is 2.29. The van der Waals surface area contributed by atoms with Gasteiger partial charge in [-0.2, -0.15) is 0 Å². The third-order valence-corrected chi connectivity index (χ3v) is 5.32. The maximum Gasteiger partial charge on any atom is 0.245 e. The Bertz CT molecular complexity index is 676. The Morgan fingerprint density at radius 2 is 2.08 bits per heavy atom. The number of likely N-dealkylation sites (N-methyl/N-ethyl adjacent to an activating group) is 1. The predicted octanol–water partition coefficient (Wildman–Crippen LogP) is 3.97. The van der Waals surface area contributed by atoms with Gasteiger partial charge in [-0.15, -0.1) is 0 Å². The summed E-state index contributed by atoms with van der Waals surface area (Å²) in [4.78, 5) is 15.9. The third kappa shape index (κ3) is 4.04. The van der Waals surface area contributed by atoms with Crippen molar-refractivity contribution in [3.05, 3.63) is 66.8 Å². The van der Waals surface area contributed by atoms with Gasteiger partial charge in [0.25, 0.3) is 0 Å². The summed E-state index contributed by atoms with van der Waals surface area (Å²) in [5.74, 6) is 0.586. The molecule has 1 heterocycles. The number of amides is 1. The molecule has 2 aliphatic rings. The lowest BCUT2D eigenvalue weighted by atomic mass is 9.90. The summed E-state index contributed by atoms with van der Waals surface area (Å²) in [6.07, 6.45) is 14.9. The van der Waals surface area contributed by atoms with Gasteiger partial charge in [-0.1, -0.05) is 49.1 Å². The fraction of sp³-hybridized carbons (Fsp3) is 0.409. The Kier molecular flexibility index (Phi) is 5.75. The molecule has 3 nitrogen and oxygen atoms in total. The van der Waals surface area contributed by atoms with Crippen LogP contribution in [0.2, 0.25) is 0 Å². The molecule has 3 heteroatoms. The fourth-order valence-corrected chi connectivity index (χ4v) is 3.90. The van der Waals surface area contributed by atoms with Gasteiger partial charge in [-0.3, -0.25) is 4.79 Å². The van der Waals surface area contributed by atoms with E-state index in [9.17, 15) is 4.79 Å². The molecule has 0 N–H and O–H groups in total. The number of para-hydroxylation sites is 1. The van der Waals surface area contributed by atoms with Crippen LogP contribution >= 0.6 is 0 Å². The van der Waals surface area contributed by atoms with Crippen LogP contribution in [0.5, 0.6) is 0 Å². The lowest BCUT2D eigenvalue weighted by Crippen LogP contribution is -2.40. The first-order valence-corrected chi connectivity index (χ1v) is 9.28. The van der Waals surface area contributed by atoms with Gasteiger partial charge in [0.05, 0.1) is 6.04 Å². The first-order chi connectivity index (χ1) is 12.2. The molecule has 0 bridgehead atoms. The van der Waals surface area contributed by atoms with Crippen molar-refractivity contribution in [3.63, 3.8) is 0 Å². The van der Waals surface area contributed by atoms with Crippen LogP contribution in [-0.4, -0.2) is 37.0 Å². The summed E-state index contributed by atoms with van der Waals surface area (Å²) < 4.78 is 0. The topological polar surface area (TPSA) is 23.6 Å². The number of nitrogens with zero attached hydrogens (tertiary/aromatic N) is 2. The summed E-state index contributed by atoms with van der Waals surface area (Å²) in [7, 11) is 1.84. The minimum Gasteiger partial charge on any atom is -0.364 e. The molecule has 1 aliphatic carbocycles. The number of carbonyl (C=O) groups excluding carboxylic acids is 1. The van der Waals surface area contributed by atoms with E-state index in [4.69, 9.17) is 0 Å². The maximum absolute atomic E-state index is 11.6. The molecule has 132 valence electrons. The molecule has 1 aromatic rings. The lowest BCUT2D eigenvalue weighted by molar-refractivity contribution is -0.124. The summed E-state index contributed by atoms with van der Waals surface area (Å²) in [5, 5.41) is 0. The fourth-order valence-electron chi connectivity index (χ4n) is 3.90. The van der Waals surface area contributed by atoms with Gasteiger partial charge in [0, 0.05) is 31.7 Å². The molecule has 0 spiro atoms. The van der Waals surface area contributed by atoms with E-state index < -0.39 is 0 Å². The number of aryl methyl sites for hydroxylation is 1. The maximum atomic E-state index is 11.6. The molecular weight excluding hydrogens is 308 g/mol. The zero-order chi connectivity index (χ0) is 17.6. The largest absolute Gasteiger partial charge is 0.364 e. The summed E-state index contributed by atoms with van der Waals surface area (Å²) >= 11 is 0. The van der Waals surface area contributed by atoms with E-state index in [0.717, 1.165) is 32.4 Å². The quantitative estimate of drug-likeness (QED) is 0.579. The van der Waals surface area contributed by atoms with Crippen LogP contribution < -0.4 is 4.90 Å². The van der Waals surface area contributed by atoms with Gasteiger partial charge in [0.1, 0.15) is 0 Å². The second kappa shape index (κ2) is 8.19. The van der Waals surface area contributed by atoms with Crippen LogP contribution in [0.4, 0.5) is 5.69 Å². The van der Waals surface area contributed by atoms with Crippen molar-refractivity contribution in [2.24, 2.45) is 5.92 Å². The highest BCUT2D eigenvalue weighted by atomic mass is 16.2. The van der Waals surface area contributed by atoms with Crippen molar-refractivity contribution in [2.75, 3.05) is 25.0 Å². The van der Waals surface area contributed by atoms with Gasteiger partial charge in [0.2, 0.25) is 5.91 Å². The number of anilines is 1. The van der Waals surface area contributed by atoms with E-state index in [-0.39, 0.29) is 5.91 Å². The van der Waals surface area contributed by atoms with Crippen LogP contribution in [0.25, 0.3) is 0 Å². The molecule has 25 heavy (non-hydrogen) atoms. The number of hydrogen-bond acceptors (Lipinski definition) is 2. The van der Waals surface area contributed by atoms with E-state index in [1.54, 1.807) is 4.90 Å². The lowest BCUT2D eigenvalue weighted by Gasteiger charge is -2.36. The molecule has 0 radical (unpaired) electrons. The van der Waals surface area contributed by atoms with E-state index in [1.807, 2.05) is 7.05 Å². The second-order valence-electron chi connectivity index (χ2n) is 6.96. The van der Waals surface area contributed by atoms with E-state index in [2.05, 4.69) is 60.0 Å². The number of carbonyl (C=O) groups is 1. The van der Waals surface area contributed by atoms with Crippen LogP contribution in [-0.2, 0) is 11.2 Å². The molecular formula is C22H28N2O. The highest BCUT2D eigenvalue weighted by molar-refractivity contribution is 5.86. The van der Waals surface area contributed by atoms with Crippen LogP contribution in [0.3, 0.4) is 0 Å². The highest BCUT2D eigenvalue weighted by Crippen LogP contribution is 2.35. The number of allylic oxidation sites excluding steroid dienone is 2. The van der Waals surface area contributed by atoms with Crippen molar-refractivity contribution in [1.29, 1.82) is 0 Å². The van der Waals surface area contributed by atoms with Crippen molar-refractivity contribution >= 4 is 11.6 Å². The van der Waals surface area contributed by atoms with Gasteiger partial charge < -0.3 is 9.80 Å². The van der Waals surface area contributed by atoms with Crippen molar-refractivity contribution in [3.8, 4) is 0 Å². The minimum absolute atomic E-state index is 0.000494. The van der Waals surface area contributed by atoms with Crippen molar-refractivity contribution in [2.45, 2.75) is 31.7 Å². The second-order valence-corrected chi connectivity index (χ2v) is 6.96. The van der Waals surface area contributed by atoms with Crippen molar-refractivity contribution in [1.82, 2.24) is 4.90 Å². The van der Waals surface area contributed by atoms with Crippen LogP contribution in [0.1, 0.15) is 24.8 Å². The average molecular weight is 336 g/mol. The molecule has 2 unspecified atom stereocenters.